The highest BCUT2D eigenvalue weighted by atomic mass is 79.9. The molecule has 0 aliphatic heterocycles. The number of hydrogen-bond acceptors (Lipinski definition) is 1. The zero-order valence-electron chi connectivity index (χ0n) is 9.75. The molecule has 2 aromatic carbocycles. The average molecular weight is 390 g/mol. The summed E-state index contributed by atoms with van der Waals surface area (Å²) < 4.78 is 2.04. The second-order valence-corrected chi connectivity index (χ2v) is 6.19. The molecule has 2 aromatic rings. The molecule has 0 bridgehead atoms. The van der Waals surface area contributed by atoms with Gasteiger partial charge in [-0.2, -0.15) is 0 Å². The van der Waals surface area contributed by atoms with E-state index >= 15 is 0 Å². The highest BCUT2D eigenvalue weighted by Gasteiger charge is 2.10. The van der Waals surface area contributed by atoms with Crippen molar-refractivity contribution in [3.8, 4) is 0 Å². The molecule has 4 heteroatoms. The number of nitrogens with one attached hydrogen (secondary N) is 1. The van der Waals surface area contributed by atoms with Crippen LogP contribution in [0, 0.1) is 0 Å². The molecule has 1 unspecified atom stereocenters. The molecule has 1 N–H and O–H groups in total. The van der Waals surface area contributed by atoms with E-state index in [1.54, 1.807) is 0 Å². The summed E-state index contributed by atoms with van der Waals surface area (Å²) in [4.78, 5) is 0. The molecule has 94 valence electrons. The Labute approximate surface area is 129 Å². The minimum absolute atomic E-state index is 0.143. The molecule has 0 fully saturated rings. The van der Waals surface area contributed by atoms with E-state index in [2.05, 4.69) is 44.1 Å². The van der Waals surface area contributed by atoms with Crippen molar-refractivity contribution in [2.24, 2.45) is 0 Å². The lowest BCUT2D eigenvalue weighted by molar-refractivity contribution is 0.883. The van der Waals surface area contributed by atoms with Crippen LogP contribution in [0.3, 0.4) is 0 Å². The highest BCUT2D eigenvalue weighted by Crippen LogP contribution is 2.30. The quantitative estimate of drug-likeness (QED) is 0.675. The second-order valence-electron chi connectivity index (χ2n) is 4.01. The Bertz CT molecular complexity index is 557. The Morgan fingerprint density at radius 2 is 1.83 bits per heavy atom. The number of benzene rings is 2. The lowest BCUT2D eigenvalue weighted by Crippen LogP contribution is -2.07. The number of hydrogen-bond donors (Lipinski definition) is 1. The lowest BCUT2D eigenvalue weighted by Gasteiger charge is -2.18. The SMILES string of the molecule is CC(Nc1ccccc1Br)c1ccc(Br)cc1Cl. The minimum Gasteiger partial charge on any atom is -0.378 e. The van der Waals surface area contributed by atoms with Crippen LogP contribution in [-0.4, -0.2) is 0 Å². The third-order valence-electron chi connectivity index (χ3n) is 2.67. The molecule has 0 amide bonds. The predicted molar refractivity (Wildman–Crippen MR) is 85.3 cm³/mol. The van der Waals surface area contributed by atoms with Gasteiger partial charge in [0, 0.05) is 19.7 Å². The molecule has 0 aliphatic rings. The first-order chi connectivity index (χ1) is 8.58. The first-order valence-corrected chi connectivity index (χ1v) is 7.50. The van der Waals surface area contributed by atoms with Crippen LogP contribution >= 0.6 is 43.5 Å². The summed E-state index contributed by atoms with van der Waals surface area (Å²) in [6, 6.07) is 14.1. The second kappa shape index (κ2) is 6.09. The normalized spacial score (nSPS) is 12.2. The average Bonchev–Trinajstić information content (AvgIpc) is 2.32. The first kappa shape index (κ1) is 13.9. The van der Waals surface area contributed by atoms with Gasteiger partial charge in [0.2, 0.25) is 0 Å². The van der Waals surface area contributed by atoms with E-state index in [1.807, 2.05) is 42.5 Å². The van der Waals surface area contributed by atoms with Gasteiger partial charge in [-0.1, -0.05) is 45.7 Å². The van der Waals surface area contributed by atoms with Gasteiger partial charge < -0.3 is 5.32 Å². The minimum atomic E-state index is 0.143. The van der Waals surface area contributed by atoms with Crippen molar-refractivity contribution in [1.82, 2.24) is 0 Å². The molecule has 0 saturated carbocycles. The van der Waals surface area contributed by atoms with Gasteiger partial charge >= 0.3 is 0 Å². The Morgan fingerprint density at radius 3 is 2.50 bits per heavy atom. The standard InChI is InChI=1S/C14H12Br2ClN/c1-9(11-7-6-10(15)8-13(11)17)18-14-5-3-2-4-12(14)16/h2-9,18H,1H3. The number of halogens is 3. The van der Waals surface area contributed by atoms with Crippen molar-refractivity contribution in [1.29, 1.82) is 0 Å². The van der Waals surface area contributed by atoms with Crippen LogP contribution in [0.15, 0.2) is 51.4 Å². The summed E-state index contributed by atoms with van der Waals surface area (Å²) in [6.45, 7) is 2.09. The van der Waals surface area contributed by atoms with Crippen molar-refractivity contribution in [3.05, 3.63) is 62.0 Å². The topological polar surface area (TPSA) is 12.0 Å². The zero-order chi connectivity index (χ0) is 13.1. The van der Waals surface area contributed by atoms with Crippen LogP contribution in [0.2, 0.25) is 5.02 Å². The fourth-order valence-electron chi connectivity index (χ4n) is 1.74. The molecule has 2 rings (SSSR count). The number of rotatable bonds is 3. The van der Waals surface area contributed by atoms with Crippen molar-refractivity contribution in [2.45, 2.75) is 13.0 Å². The Morgan fingerprint density at radius 1 is 1.11 bits per heavy atom. The summed E-state index contributed by atoms with van der Waals surface area (Å²) in [5, 5.41) is 4.20. The van der Waals surface area contributed by atoms with E-state index in [4.69, 9.17) is 11.6 Å². The molecule has 18 heavy (non-hydrogen) atoms. The third kappa shape index (κ3) is 3.28. The Kier molecular flexibility index (Phi) is 4.71. The summed E-state index contributed by atoms with van der Waals surface area (Å²) in [5.41, 5.74) is 2.14. The van der Waals surface area contributed by atoms with Crippen LogP contribution < -0.4 is 5.32 Å². The van der Waals surface area contributed by atoms with E-state index in [0.717, 1.165) is 25.2 Å². The van der Waals surface area contributed by atoms with Crippen LogP contribution in [-0.2, 0) is 0 Å². The van der Waals surface area contributed by atoms with Crippen LogP contribution in [0.1, 0.15) is 18.5 Å². The van der Waals surface area contributed by atoms with Crippen molar-refractivity contribution in [3.63, 3.8) is 0 Å². The van der Waals surface area contributed by atoms with Gasteiger partial charge in [0.1, 0.15) is 0 Å². The van der Waals surface area contributed by atoms with Gasteiger partial charge in [-0.25, -0.2) is 0 Å². The molecular weight excluding hydrogens is 377 g/mol. The number of anilines is 1. The largest absolute Gasteiger partial charge is 0.378 e. The van der Waals surface area contributed by atoms with E-state index in [0.29, 0.717) is 0 Å². The van der Waals surface area contributed by atoms with E-state index < -0.39 is 0 Å². The third-order valence-corrected chi connectivity index (χ3v) is 4.19. The van der Waals surface area contributed by atoms with E-state index in [9.17, 15) is 0 Å². The van der Waals surface area contributed by atoms with Crippen molar-refractivity contribution < 1.29 is 0 Å². The molecule has 0 radical (unpaired) electrons. The van der Waals surface area contributed by atoms with Crippen LogP contribution in [0.5, 0.6) is 0 Å². The molecule has 0 aromatic heterocycles. The molecule has 0 spiro atoms. The smallest absolute Gasteiger partial charge is 0.0500 e. The van der Waals surface area contributed by atoms with Crippen LogP contribution in [0.25, 0.3) is 0 Å². The van der Waals surface area contributed by atoms with Crippen molar-refractivity contribution >= 4 is 49.1 Å². The number of para-hydroxylation sites is 1. The maximum absolute atomic E-state index is 6.25. The van der Waals surface area contributed by atoms with E-state index in [-0.39, 0.29) is 6.04 Å². The van der Waals surface area contributed by atoms with E-state index in [1.165, 1.54) is 0 Å². The van der Waals surface area contributed by atoms with Gasteiger partial charge in [0.25, 0.3) is 0 Å². The monoisotopic (exact) mass is 387 g/mol. The predicted octanol–water partition coefficient (Wildman–Crippen LogP) is 6.04. The van der Waals surface area contributed by atoms with Gasteiger partial charge in [0.05, 0.1) is 6.04 Å². The van der Waals surface area contributed by atoms with Gasteiger partial charge in [-0.3, -0.25) is 0 Å². The van der Waals surface area contributed by atoms with Gasteiger partial charge in [0.15, 0.2) is 0 Å². The van der Waals surface area contributed by atoms with Crippen molar-refractivity contribution in [2.75, 3.05) is 5.32 Å². The molecule has 1 atom stereocenters. The first-order valence-electron chi connectivity index (χ1n) is 5.54. The summed E-state index contributed by atoms with van der Waals surface area (Å²) in [5.74, 6) is 0. The van der Waals surface area contributed by atoms with Gasteiger partial charge in [-0.05, 0) is 52.7 Å². The Hall–Kier alpha value is -0.510. The fraction of sp³-hybridized carbons (Fsp3) is 0.143. The Balaban J connectivity index is 2.22. The maximum atomic E-state index is 6.25. The molecule has 1 nitrogen and oxygen atoms in total. The molecular formula is C14H12Br2ClN. The highest BCUT2D eigenvalue weighted by molar-refractivity contribution is 9.10. The molecule has 0 aliphatic carbocycles. The summed E-state index contributed by atoms with van der Waals surface area (Å²) in [7, 11) is 0. The van der Waals surface area contributed by atoms with Crippen LogP contribution in [0.4, 0.5) is 5.69 Å². The lowest BCUT2D eigenvalue weighted by atomic mass is 10.1. The van der Waals surface area contributed by atoms with Gasteiger partial charge in [-0.15, -0.1) is 0 Å². The fourth-order valence-corrected chi connectivity index (χ4v) is 2.98. The summed E-state index contributed by atoms with van der Waals surface area (Å²) in [6.07, 6.45) is 0. The maximum Gasteiger partial charge on any atom is 0.0500 e. The molecule has 0 saturated heterocycles. The molecule has 0 heterocycles. The summed E-state index contributed by atoms with van der Waals surface area (Å²) >= 11 is 13.2. The zero-order valence-corrected chi connectivity index (χ0v) is 13.7.